The average Bonchev–Trinajstić information content (AvgIpc) is 2.51. The number of aliphatic carboxylic acids is 1. The molecule has 22 heavy (non-hydrogen) atoms. The zero-order valence-corrected chi connectivity index (χ0v) is 12.6. The van der Waals surface area contributed by atoms with Crippen LogP contribution in [0.3, 0.4) is 0 Å². The fraction of sp³-hybridized carbons (Fsp3) is 0.375. The second kappa shape index (κ2) is 6.98. The number of carboxylic acid groups (broad SMARTS) is 1. The lowest BCUT2D eigenvalue weighted by atomic mass is 10.1. The molecular formula is C16H19NO5. The number of carbonyl (C=O) groups excluding carboxylic acids is 1. The number of carbonyl (C=O) groups is 2. The van der Waals surface area contributed by atoms with Gasteiger partial charge in [0.15, 0.2) is 11.5 Å². The molecule has 1 amide bonds. The first-order chi connectivity index (χ1) is 10.5. The number of fused-ring (bicyclic) bond motifs is 1. The standard InChI is InChI=1S/C16H19NO5/c1-10(6-7-14(18)19)17-16(20)12-8-11-4-3-5-13(21-2)15(11)22-9-12/h3-5,8,10H,6-7,9H2,1-2H3,(H,17,20)(H,18,19). The van der Waals surface area contributed by atoms with Gasteiger partial charge in [0, 0.05) is 18.0 Å². The summed E-state index contributed by atoms with van der Waals surface area (Å²) in [6, 6.07) is 5.26. The molecule has 6 nitrogen and oxygen atoms in total. The highest BCUT2D eigenvalue weighted by molar-refractivity contribution is 5.99. The number of methoxy groups -OCH3 is 1. The van der Waals surface area contributed by atoms with Crippen molar-refractivity contribution in [1.29, 1.82) is 0 Å². The van der Waals surface area contributed by atoms with E-state index in [1.807, 2.05) is 12.1 Å². The van der Waals surface area contributed by atoms with E-state index in [1.54, 1.807) is 26.2 Å². The van der Waals surface area contributed by atoms with Crippen LogP contribution in [0.25, 0.3) is 6.08 Å². The van der Waals surface area contributed by atoms with E-state index >= 15 is 0 Å². The fourth-order valence-corrected chi connectivity index (χ4v) is 2.20. The van der Waals surface area contributed by atoms with E-state index in [9.17, 15) is 9.59 Å². The van der Waals surface area contributed by atoms with Gasteiger partial charge in [0.25, 0.3) is 5.91 Å². The van der Waals surface area contributed by atoms with Crippen LogP contribution in [0.2, 0.25) is 0 Å². The highest BCUT2D eigenvalue weighted by Crippen LogP contribution is 2.35. The molecule has 118 valence electrons. The molecule has 0 radical (unpaired) electrons. The molecule has 6 heteroatoms. The van der Waals surface area contributed by atoms with Crippen LogP contribution in [0.5, 0.6) is 11.5 Å². The highest BCUT2D eigenvalue weighted by atomic mass is 16.5. The van der Waals surface area contributed by atoms with Crippen molar-refractivity contribution < 1.29 is 24.2 Å². The monoisotopic (exact) mass is 305 g/mol. The third-order valence-electron chi connectivity index (χ3n) is 3.39. The SMILES string of the molecule is COc1cccc2c1OCC(C(=O)NC(C)CCC(=O)O)=C2. The van der Waals surface area contributed by atoms with Crippen LogP contribution in [0.1, 0.15) is 25.3 Å². The van der Waals surface area contributed by atoms with Crippen LogP contribution < -0.4 is 14.8 Å². The Morgan fingerprint density at radius 2 is 2.23 bits per heavy atom. The summed E-state index contributed by atoms with van der Waals surface area (Å²) >= 11 is 0. The number of hydrogen-bond donors (Lipinski definition) is 2. The zero-order chi connectivity index (χ0) is 16.1. The maximum Gasteiger partial charge on any atom is 0.303 e. The van der Waals surface area contributed by atoms with E-state index < -0.39 is 5.97 Å². The number of hydrogen-bond acceptors (Lipinski definition) is 4. The lowest BCUT2D eigenvalue weighted by Crippen LogP contribution is -2.35. The van der Waals surface area contributed by atoms with Crippen LogP contribution in [0, 0.1) is 0 Å². The maximum absolute atomic E-state index is 12.2. The van der Waals surface area contributed by atoms with Gasteiger partial charge < -0.3 is 19.9 Å². The van der Waals surface area contributed by atoms with Crippen molar-refractivity contribution in [2.75, 3.05) is 13.7 Å². The Bertz CT molecular complexity index is 609. The van der Waals surface area contributed by atoms with Crippen molar-refractivity contribution in [3.8, 4) is 11.5 Å². The van der Waals surface area contributed by atoms with Gasteiger partial charge in [-0.3, -0.25) is 9.59 Å². The number of ether oxygens (including phenoxy) is 2. The van der Waals surface area contributed by atoms with Gasteiger partial charge in [-0.25, -0.2) is 0 Å². The predicted octanol–water partition coefficient (Wildman–Crippen LogP) is 1.84. The van der Waals surface area contributed by atoms with E-state index in [-0.39, 0.29) is 25.0 Å². The van der Waals surface area contributed by atoms with Crippen LogP contribution >= 0.6 is 0 Å². The largest absolute Gasteiger partial charge is 0.493 e. The summed E-state index contributed by atoms with van der Waals surface area (Å²) in [5.74, 6) is 0.136. The summed E-state index contributed by atoms with van der Waals surface area (Å²) in [5, 5.41) is 11.4. The van der Waals surface area contributed by atoms with Gasteiger partial charge in [-0.1, -0.05) is 12.1 Å². The molecule has 1 unspecified atom stereocenters. The van der Waals surface area contributed by atoms with Gasteiger partial charge >= 0.3 is 5.97 Å². The summed E-state index contributed by atoms with van der Waals surface area (Å²) < 4.78 is 10.8. The Morgan fingerprint density at radius 3 is 2.91 bits per heavy atom. The maximum atomic E-state index is 12.2. The number of benzene rings is 1. The smallest absolute Gasteiger partial charge is 0.303 e. The minimum absolute atomic E-state index is 0.0248. The third-order valence-corrected chi connectivity index (χ3v) is 3.39. The Morgan fingerprint density at radius 1 is 1.45 bits per heavy atom. The molecule has 1 heterocycles. The van der Waals surface area contributed by atoms with Gasteiger partial charge in [-0.05, 0) is 25.5 Å². The summed E-state index contributed by atoms with van der Waals surface area (Å²) in [6.45, 7) is 1.94. The molecular weight excluding hydrogens is 286 g/mol. The van der Waals surface area contributed by atoms with Gasteiger partial charge in [0.2, 0.25) is 0 Å². The Balaban J connectivity index is 2.05. The molecule has 1 aliphatic rings. The molecule has 0 fully saturated rings. The first kappa shape index (κ1) is 15.9. The van der Waals surface area contributed by atoms with Crippen molar-refractivity contribution in [3.63, 3.8) is 0 Å². The molecule has 0 aliphatic carbocycles. The van der Waals surface area contributed by atoms with E-state index in [2.05, 4.69) is 5.32 Å². The first-order valence-corrected chi connectivity index (χ1v) is 7.04. The molecule has 0 saturated carbocycles. The van der Waals surface area contributed by atoms with Crippen molar-refractivity contribution >= 4 is 18.0 Å². The minimum atomic E-state index is -0.873. The van der Waals surface area contributed by atoms with Crippen LogP contribution in [-0.2, 0) is 9.59 Å². The molecule has 1 aliphatic heterocycles. The third kappa shape index (κ3) is 3.78. The number of nitrogens with one attached hydrogen (secondary N) is 1. The van der Waals surface area contributed by atoms with Crippen molar-refractivity contribution in [3.05, 3.63) is 29.3 Å². The van der Waals surface area contributed by atoms with Gasteiger partial charge in [0.1, 0.15) is 6.61 Å². The number of amides is 1. The molecule has 0 aromatic heterocycles. The number of rotatable bonds is 6. The van der Waals surface area contributed by atoms with Crippen LogP contribution in [0.4, 0.5) is 0 Å². The van der Waals surface area contributed by atoms with Gasteiger partial charge in [-0.15, -0.1) is 0 Å². The summed E-state index contributed by atoms with van der Waals surface area (Å²) in [4.78, 5) is 22.7. The summed E-state index contributed by atoms with van der Waals surface area (Å²) in [6.07, 6.45) is 2.18. The van der Waals surface area contributed by atoms with Gasteiger partial charge in [-0.2, -0.15) is 0 Å². The fourth-order valence-electron chi connectivity index (χ4n) is 2.20. The number of para-hydroxylation sites is 1. The summed E-state index contributed by atoms with van der Waals surface area (Å²) in [7, 11) is 1.56. The molecule has 0 saturated heterocycles. The van der Waals surface area contributed by atoms with E-state index in [0.717, 1.165) is 5.56 Å². The molecule has 1 atom stereocenters. The zero-order valence-electron chi connectivity index (χ0n) is 12.6. The predicted molar refractivity (Wildman–Crippen MR) is 80.9 cm³/mol. The molecule has 1 aromatic carbocycles. The molecule has 0 spiro atoms. The van der Waals surface area contributed by atoms with Gasteiger partial charge in [0.05, 0.1) is 12.7 Å². The Labute approximate surface area is 128 Å². The lowest BCUT2D eigenvalue weighted by molar-refractivity contribution is -0.137. The van der Waals surface area contributed by atoms with Crippen molar-refractivity contribution in [2.45, 2.75) is 25.8 Å². The highest BCUT2D eigenvalue weighted by Gasteiger charge is 2.21. The van der Waals surface area contributed by atoms with E-state index in [1.165, 1.54) is 0 Å². The molecule has 2 rings (SSSR count). The van der Waals surface area contributed by atoms with Crippen LogP contribution in [-0.4, -0.2) is 36.7 Å². The minimum Gasteiger partial charge on any atom is -0.493 e. The van der Waals surface area contributed by atoms with Crippen molar-refractivity contribution in [2.24, 2.45) is 0 Å². The second-order valence-electron chi connectivity index (χ2n) is 5.14. The first-order valence-electron chi connectivity index (χ1n) is 7.04. The molecule has 0 bridgehead atoms. The lowest BCUT2D eigenvalue weighted by Gasteiger charge is -2.21. The summed E-state index contributed by atoms with van der Waals surface area (Å²) in [5.41, 5.74) is 1.29. The Hall–Kier alpha value is -2.50. The average molecular weight is 305 g/mol. The normalized spacial score (nSPS) is 14.2. The molecule has 1 aromatic rings. The number of carboxylic acids is 1. The van der Waals surface area contributed by atoms with Crippen LogP contribution in [0.15, 0.2) is 23.8 Å². The topological polar surface area (TPSA) is 84.9 Å². The van der Waals surface area contributed by atoms with E-state index in [4.69, 9.17) is 14.6 Å². The van der Waals surface area contributed by atoms with E-state index in [0.29, 0.717) is 23.5 Å². The quantitative estimate of drug-likeness (QED) is 0.837. The Kier molecular flexibility index (Phi) is 5.04. The molecule has 2 N–H and O–H groups in total. The second-order valence-corrected chi connectivity index (χ2v) is 5.14. The van der Waals surface area contributed by atoms with Crippen molar-refractivity contribution in [1.82, 2.24) is 5.32 Å².